The maximum atomic E-state index is 13.3. The minimum absolute atomic E-state index is 0.0227. The molecule has 2 saturated heterocycles. The van der Waals surface area contributed by atoms with Crippen LogP contribution in [-0.2, 0) is 22.7 Å². The van der Waals surface area contributed by atoms with Crippen molar-refractivity contribution in [2.45, 2.75) is 85.0 Å². The second-order valence-electron chi connectivity index (χ2n) is 15.7. The maximum absolute atomic E-state index is 13.3. The van der Waals surface area contributed by atoms with Crippen molar-refractivity contribution in [1.82, 2.24) is 25.3 Å². The van der Waals surface area contributed by atoms with E-state index in [1.165, 1.54) is 0 Å². The molecule has 0 spiro atoms. The maximum Gasteiger partial charge on any atom is 0.262 e. The lowest BCUT2D eigenvalue weighted by molar-refractivity contribution is -0.136. The Kier molecular flexibility index (Phi) is 7.81. The van der Waals surface area contributed by atoms with Crippen molar-refractivity contribution in [3.63, 3.8) is 0 Å². The number of fused-ring (bicyclic) bond motifs is 2. The Balaban J connectivity index is 0.908. The standard InChI is InChI=1S/C37H43N5O6/c1-36(2)20-37(3,4)35(36)39-30(44)22-5-7-23(8-6-22)32(46)41-13-11-21(12-14-41)17-40-18-24-15-26-27(16-25(24)19-40)34(48)42(33(26)47)28-9-10-29(43)38-31(28)45/h5-8,15-16,21,28,35H,9-14,17-20H2,1-4H3,(H,39,44)(H,38,43,45). The first-order valence-electron chi connectivity index (χ1n) is 17.0. The van der Waals surface area contributed by atoms with Gasteiger partial charge in [-0.2, -0.15) is 0 Å². The number of nitrogens with zero attached hydrogens (tertiary/aromatic N) is 3. The lowest BCUT2D eigenvalue weighted by Gasteiger charge is -2.57. The van der Waals surface area contributed by atoms with Gasteiger partial charge in [0.1, 0.15) is 6.04 Å². The van der Waals surface area contributed by atoms with E-state index < -0.39 is 29.7 Å². The predicted molar refractivity (Wildman–Crippen MR) is 176 cm³/mol. The molecule has 4 heterocycles. The molecule has 6 amide bonds. The quantitative estimate of drug-likeness (QED) is 0.456. The first-order chi connectivity index (χ1) is 22.7. The number of imide groups is 2. The number of rotatable bonds is 6. The molecule has 4 aliphatic heterocycles. The van der Waals surface area contributed by atoms with Crippen LogP contribution in [0.5, 0.6) is 0 Å². The summed E-state index contributed by atoms with van der Waals surface area (Å²) in [5.41, 5.74) is 3.90. The fourth-order valence-corrected chi connectivity index (χ4v) is 9.11. The summed E-state index contributed by atoms with van der Waals surface area (Å²) in [6.45, 7) is 12.2. The van der Waals surface area contributed by atoms with Gasteiger partial charge in [0.15, 0.2) is 0 Å². The molecule has 11 nitrogen and oxygen atoms in total. The molecule has 1 aliphatic carbocycles. The summed E-state index contributed by atoms with van der Waals surface area (Å²) in [6, 6.07) is 9.69. The van der Waals surface area contributed by atoms with Crippen molar-refractivity contribution in [1.29, 1.82) is 0 Å². The summed E-state index contributed by atoms with van der Waals surface area (Å²) in [4.78, 5) is 81.9. The van der Waals surface area contributed by atoms with E-state index in [0.29, 0.717) is 54.4 Å². The van der Waals surface area contributed by atoms with E-state index in [1.807, 2.05) is 4.90 Å². The van der Waals surface area contributed by atoms with Crippen LogP contribution in [0.4, 0.5) is 0 Å². The third kappa shape index (κ3) is 5.61. The number of benzene rings is 2. The Hall–Kier alpha value is -4.38. The second-order valence-corrected chi connectivity index (χ2v) is 15.7. The lowest BCUT2D eigenvalue weighted by Crippen LogP contribution is -2.63. The van der Waals surface area contributed by atoms with Gasteiger partial charge in [-0.15, -0.1) is 0 Å². The van der Waals surface area contributed by atoms with Crippen LogP contribution >= 0.6 is 0 Å². The molecule has 3 fully saturated rings. The van der Waals surface area contributed by atoms with Gasteiger partial charge in [-0.25, -0.2) is 0 Å². The Morgan fingerprint density at radius 1 is 0.833 bits per heavy atom. The lowest BCUT2D eigenvalue weighted by atomic mass is 9.52. The fourth-order valence-electron chi connectivity index (χ4n) is 9.11. The summed E-state index contributed by atoms with van der Waals surface area (Å²) in [5.74, 6) is -1.69. The highest BCUT2D eigenvalue weighted by atomic mass is 16.2. The summed E-state index contributed by atoms with van der Waals surface area (Å²) in [5, 5.41) is 5.44. The van der Waals surface area contributed by atoms with Crippen LogP contribution in [0.3, 0.4) is 0 Å². The van der Waals surface area contributed by atoms with Gasteiger partial charge in [0.2, 0.25) is 11.8 Å². The molecule has 1 atom stereocenters. The van der Waals surface area contributed by atoms with Gasteiger partial charge in [-0.1, -0.05) is 27.7 Å². The minimum Gasteiger partial charge on any atom is -0.348 e. The van der Waals surface area contributed by atoms with Crippen molar-refractivity contribution >= 4 is 35.4 Å². The molecule has 2 aromatic rings. The molecule has 5 aliphatic rings. The van der Waals surface area contributed by atoms with Crippen LogP contribution < -0.4 is 10.6 Å². The van der Waals surface area contributed by atoms with Crippen LogP contribution in [0.2, 0.25) is 0 Å². The van der Waals surface area contributed by atoms with Gasteiger partial charge in [0, 0.05) is 56.3 Å². The molecule has 2 aromatic carbocycles. The Labute approximate surface area is 280 Å². The van der Waals surface area contributed by atoms with E-state index in [2.05, 4.69) is 43.2 Å². The zero-order valence-electron chi connectivity index (χ0n) is 28.1. The molecule has 1 saturated carbocycles. The molecule has 0 radical (unpaired) electrons. The predicted octanol–water partition coefficient (Wildman–Crippen LogP) is 3.51. The smallest absolute Gasteiger partial charge is 0.262 e. The highest BCUT2D eigenvalue weighted by molar-refractivity contribution is 6.23. The van der Waals surface area contributed by atoms with E-state index in [0.717, 1.165) is 41.8 Å². The van der Waals surface area contributed by atoms with Crippen molar-refractivity contribution in [3.8, 4) is 0 Å². The molecule has 252 valence electrons. The van der Waals surface area contributed by atoms with Crippen LogP contribution in [0.1, 0.15) is 112 Å². The summed E-state index contributed by atoms with van der Waals surface area (Å²) in [7, 11) is 0. The first kappa shape index (κ1) is 32.2. The van der Waals surface area contributed by atoms with E-state index in [-0.39, 0.29) is 41.5 Å². The SMILES string of the molecule is CC1(C)CC(C)(C)C1NC(=O)c1ccc(C(=O)N2CCC(CN3Cc4cc5c(cc4C3)C(=O)N(C3CCC(=O)NC3=O)C5=O)CC2)cc1. The molecule has 0 bridgehead atoms. The normalized spacial score (nSPS) is 23.9. The molecular formula is C37H43N5O6. The first-order valence-corrected chi connectivity index (χ1v) is 17.0. The highest BCUT2D eigenvalue weighted by Crippen LogP contribution is 2.53. The van der Waals surface area contributed by atoms with Crippen LogP contribution in [0.15, 0.2) is 36.4 Å². The monoisotopic (exact) mass is 653 g/mol. The van der Waals surface area contributed by atoms with E-state index >= 15 is 0 Å². The number of amides is 6. The highest BCUT2D eigenvalue weighted by Gasteiger charge is 2.53. The number of likely N-dealkylation sites (tertiary alicyclic amines) is 1. The van der Waals surface area contributed by atoms with E-state index in [1.54, 1.807) is 36.4 Å². The van der Waals surface area contributed by atoms with Gasteiger partial charge in [0.05, 0.1) is 11.1 Å². The second kappa shape index (κ2) is 11.6. The third-order valence-corrected chi connectivity index (χ3v) is 11.1. The molecular weight excluding hydrogens is 610 g/mol. The van der Waals surface area contributed by atoms with E-state index in [4.69, 9.17) is 0 Å². The molecule has 7 rings (SSSR count). The topological polar surface area (TPSA) is 136 Å². The zero-order chi connectivity index (χ0) is 34.1. The molecule has 2 N–H and O–H groups in total. The van der Waals surface area contributed by atoms with Crippen LogP contribution in [0, 0.1) is 16.7 Å². The number of carbonyl (C=O) groups is 6. The zero-order valence-corrected chi connectivity index (χ0v) is 28.1. The van der Waals surface area contributed by atoms with Crippen LogP contribution in [0.25, 0.3) is 0 Å². The summed E-state index contributed by atoms with van der Waals surface area (Å²) >= 11 is 0. The molecule has 48 heavy (non-hydrogen) atoms. The number of carbonyl (C=O) groups excluding carboxylic acids is 6. The van der Waals surface area contributed by atoms with E-state index in [9.17, 15) is 28.8 Å². The molecule has 1 unspecified atom stereocenters. The Morgan fingerprint density at radius 2 is 1.40 bits per heavy atom. The molecule has 11 heteroatoms. The minimum atomic E-state index is -0.970. The largest absolute Gasteiger partial charge is 0.348 e. The Morgan fingerprint density at radius 3 is 1.94 bits per heavy atom. The van der Waals surface area contributed by atoms with Gasteiger partial charge in [-0.3, -0.25) is 43.9 Å². The number of piperidine rings is 2. The van der Waals surface area contributed by atoms with Crippen molar-refractivity contribution in [2.24, 2.45) is 16.7 Å². The number of hydrogen-bond donors (Lipinski definition) is 2. The van der Waals surface area contributed by atoms with Gasteiger partial charge in [-0.05, 0) is 90.0 Å². The Bertz CT molecular complexity index is 1680. The average Bonchev–Trinajstić information content (AvgIpc) is 3.54. The van der Waals surface area contributed by atoms with Gasteiger partial charge in [0.25, 0.3) is 23.6 Å². The van der Waals surface area contributed by atoms with Crippen molar-refractivity contribution < 1.29 is 28.8 Å². The number of hydrogen-bond acceptors (Lipinski definition) is 7. The van der Waals surface area contributed by atoms with Crippen LogP contribution in [-0.4, -0.2) is 81.9 Å². The average molecular weight is 654 g/mol. The van der Waals surface area contributed by atoms with Crippen molar-refractivity contribution in [2.75, 3.05) is 19.6 Å². The summed E-state index contributed by atoms with van der Waals surface area (Å²) in [6.07, 6.45) is 3.03. The third-order valence-electron chi connectivity index (χ3n) is 11.1. The fraction of sp³-hybridized carbons (Fsp3) is 0.514. The summed E-state index contributed by atoms with van der Waals surface area (Å²) < 4.78 is 0. The number of nitrogens with one attached hydrogen (secondary N) is 2. The molecule has 0 aromatic heterocycles. The van der Waals surface area contributed by atoms with Gasteiger partial charge < -0.3 is 10.2 Å². The van der Waals surface area contributed by atoms with Gasteiger partial charge >= 0.3 is 0 Å². The van der Waals surface area contributed by atoms with Crippen molar-refractivity contribution in [3.05, 3.63) is 69.8 Å².